The Morgan fingerprint density at radius 3 is 2.81 bits per heavy atom. The molecule has 0 aromatic rings. The van der Waals surface area contributed by atoms with E-state index in [1.165, 1.54) is 18.4 Å². The quantitative estimate of drug-likeness (QED) is 0.665. The lowest BCUT2D eigenvalue weighted by Gasteiger charge is -2.31. The predicted octanol–water partition coefficient (Wildman–Crippen LogP) is 3.30. The van der Waals surface area contributed by atoms with Gasteiger partial charge >= 0.3 is 0 Å². The van der Waals surface area contributed by atoms with Crippen LogP contribution in [0.4, 0.5) is 0 Å². The molecule has 1 aliphatic heterocycles. The SMILES string of the molecule is CC.CCC(=O)N1CCC2=C(C=CCC2)C1. The second-order valence-corrected chi connectivity index (χ2v) is 3.99. The van der Waals surface area contributed by atoms with E-state index in [4.69, 9.17) is 0 Å². The van der Waals surface area contributed by atoms with Crippen molar-refractivity contribution in [2.24, 2.45) is 0 Å². The van der Waals surface area contributed by atoms with E-state index in [9.17, 15) is 4.79 Å². The van der Waals surface area contributed by atoms with Crippen LogP contribution in [0.25, 0.3) is 0 Å². The minimum absolute atomic E-state index is 0.288. The molecule has 0 fully saturated rings. The zero-order chi connectivity index (χ0) is 12.0. The number of carbonyl (C=O) groups excluding carboxylic acids is 1. The van der Waals surface area contributed by atoms with Crippen molar-refractivity contribution in [3.8, 4) is 0 Å². The Morgan fingerprint density at radius 2 is 2.12 bits per heavy atom. The molecular formula is C14H23NO. The summed E-state index contributed by atoms with van der Waals surface area (Å²) in [6, 6.07) is 0. The molecule has 0 aromatic carbocycles. The normalized spacial score (nSPS) is 18.8. The first-order chi connectivity index (χ1) is 7.81. The van der Waals surface area contributed by atoms with Gasteiger partial charge in [-0.3, -0.25) is 4.79 Å². The van der Waals surface area contributed by atoms with E-state index in [0.29, 0.717) is 6.42 Å². The number of nitrogens with zero attached hydrogens (tertiary/aromatic N) is 1. The van der Waals surface area contributed by atoms with Gasteiger partial charge in [-0.25, -0.2) is 0 Å². The molecule has 90 valence electrons. The Morgan fingerprint density at radius 1 is 1.38 bits per heavy atom. The van der Waals surface area contributed by atoms with E-state index in [1.54, 1.807) is 5.57 Å². The summed E-state index contributed by atoms with van der Waals surface area (Å²) in [6.45, 7) is 7.71. The third-order valence-corrected chi connectivity index (χ3v) is 3.09. The third-order valence-electron chi connectivity index (χ3n) is 3.09. The number of amides is 1. The first-order valence-corrected chi connectivity index (χ1v) is 6.46. The van der Waals surface area contributed by atoms with Crippen LogP contribution in [0.1, 0.15) is 46.5 Å². The fourth-order valence-electron chi connectivity index (χ4n) is 2.20. The molecule has 1 amide bonds. The van der Waals surface area contributed by atoms with Gasteiger partial charge in [0.05, 0.1) is 0 Å². The summed E-state index contributed by atoms with van der Waals surface area (Å²) in [7, 11) is 0. The highest BCUT2D eigenvalue weighted by Gasteiger charge is 2.21. The number of allylic oxidation sites excluding steroid dienone is 1. The van der Waals surface area contributed by atoms with Crippen LogP contribution in [0.3, 0.4) is 0 Å². The highest BCUT2D eigenvalue weighted by Crippen LogP contribution is 2.26. The van der Waals surface area contributed by atoms with Gasteiger partial charge in [-0.2, -0.15) is 0 Å². The van der Waals surface area contributed by atoms with E-state index in [0.717, 1.165) is 19.5 Å². The van der Waals surface area contributed by atoms with Gasteiger partial charge in [0.1, 0.15) is 0 Å². The first kappa shape index (κ1) is 13.0. The Hall–Kier alpha value is -1.05. The summed E-state index contributed by atoms with van der Waals surface area (Å²) in [4.78, 5) is 13.5. The van der Waals surface area contributed by atoms with Crippen LogP contribution in [0.5, 0.6) is 0 Å². The summed E-state index contributed by atoms with van der Waals surface area (Å²) in [5, 5.41) is 0. The number of rotatable bonds is 1. The van der Waals surface area contributed by atoms with Crippen molar-refractivity contribution in [3.63, 3.8) is 0 Å². The molecular weight excluding hydrogens is 198 g/mol. The van der Waals surface area contributed by atoms with Crippen LogP contribution in [-0.4, -0.2) is 23.9 Å². The van der Waals surface area contributed by atoms with Crippen LogP contribution in [-0.2, 0) is 4.79 Å². The van der Waals surface area contributed by atoms with Crippen molar-refractivity contribution in [1.29, 1.82) is 0 Å². The second kappa shape index (κ2) is 6.51. The van der Waals surface area contributed by atoms with E-state index in [1.807, 2.05) is 25.7 Å². The number of hydrogen-bond acceptors (Lipinski definition) is 1. The van der Waals surface area contributed by atoms with Crippen molar-refractivity contribution in [1.82, 2.24) is 4.90 Å². The molecule has 0 aromatic heterocycles. The molecule has 0 atom stereocenters. The average Bonchev–Trinajstić information content (AvgIpc) is 2.39. The summed E-state index contributed by atoms with van der Waals surface area (Å²) >= 11 is 0. The van der Waals surface area contributed by atoms with Crippen LogP contribution in [0.15, 0.2) is 23.3 Å². The average molecular weight is 221 g/mol. The van der Waals surface area contributed by atoms with Crippen molar-refractivity contribution in [2.75, 3.05) is 13.1 Å². The highest BCUT2D eigenvalue weighted by molar-refractivity contribution is 5.76. The van der Waals surface area contributed by atoms with E-state index >= 15 is 0 Å². The first-order valence-electron chi connectivity index (χ1n) is 6.46. The Labute approximate surface area is 99.0 Å². The zero-order valence-corrected chi connectivity index (χ0v) is 10.8. The molecule has 2 aliphatic rings. The molecule has 1 heterocycles. The van der Waals surface area contributed by atoms with Crippen molar-refractivity contribution < 1.29 is 4.79 Å². The van der Waals surface area contributed by atoms with E-state index in [2.05, 4.69) is 12.2 Å². The lowest BCUT2D eigenvalue weighted by atomic mass is 9.91. The Bertz CT molecular complexity index is 302. The van der Waals surface area contributed by atoms with Crippen LogP contribution in [0, 0.1) is 0 Å². The van der Waals surface area contributed by atoms with Crippen LogP contribution >= 0.6 is 0 Å². The highest BCUT2D eigenvalue weighted by atomic mass is 16.2. The number of carbonyl (C=O) groups is 1. The topological polar surface area (TPSA) is 20.3 Å². The second-order valence-electron chi connectivity index (χ2n) is 3.99. The van der Waals surface area contributed by atoms with Crippen LogP contribution in [0.2, 0.25) is 0 Å². The van der Waals surface area contributed by atoms with Crippen molar-refractivity contribution in [2.45, 2.75) is 46.5 Å². The van der Waals surface area contributed by atoms with Crippen molar-refractivity contribution >= 4 is 5.91 Å². The molecule has 0 spiro atoms. The predicted molar refractivity (Wildman–Crippen MR) is 68.2 cm³/mol. The molecule has 2 nitrogen and oxygen atoms in total. The van der Waals surface area contributed by atoms with Gasteiger partial charge in [0.25, 0.3) is 0 Å². The number of hydrogen-bond donors (Lipinski definition) is 0. The summed E-state index contributed by atoms with van der Waals surface area (Å²) < 4.78 is 0. The fourth-order valence-corrected chi connectivity index (χ4v) is 2.20. The monoisotopic (exact) mass is 221 g/mol. The van der Waals surface area contributed by atoms with Gasteiger partial charge in [0, 0.05) is 19.5 Å². The lowest BCUT2D eigenvalue weighted by Crippen LogP contribution is -2.36. The van der Waals surface area contributed by atoms with Crippen LogP contribution < -0.4 is 0 Å². The molecule has 0 saturated carbocycles. The van der Waals surface area contributed by atoms with E-state index in [-0.39, 0.29) is 5.91 Å². The van der Waals surface area contributed by atoms with Gasteiger partial charge < -0.3 is 4.90 Å². The molecule has 0 bridgehead atoms. The molecule has 2 rings (SSSR count). The smallest absolute Gasteiger partial charge is 0.222 e. The maximum Gasteiger partial charge on any atom is 0.222 e. The standard InChI is InChI=1S/C12H17NO.C2H6/c1-2-12(14)13-8-7-10-5-3-4-6-11(10)9-13;1-2/h4,6H,2-3,5,7-9H2,1H3;1-2H3. The molecule has 2 heteroatoms. The van der Waals surface area contributed by atoms with Gasteiger partial charge in [0.15, 0.2) is 0 Å². The Kier molecular flexibility index (Phi) is 5.30. The molecule has 0 unspecified atom stereocenters. The molecule has 0 radical (unpaired) electrons. The zero-order valence-electron chi connectivity index (χ0n) is 10.8. The lowest BCUT2D eigenvalue weighted by molar-refractivity contribution is -0.130. The minimum atomic E-state index is 0.288. The Balaban J connectivity index is 0.000000606. The summed E-state index contributed by atoms with van der Waals surface area (Å²) in [6.07, 6.45) is 8.53. The maximum atomic E-state index is 11.5. The summed E-state index contributed by atoms with van der Waals surface area (Å²) in [5.74, 6) is 0.288. The molecule has 16 heavy (non-hydrogen) atoms. The van der Waals surface area contributed by atoms with Gasteiger partial charge in [-0.05, 0) is 24.8 Å². The van der Waals surface area contributed by atoms with Gasteiger partial charge in [-0.15, -0.1) is 0 Å². The van der Waals surface area contributed by atoms with Crippen molar-refractivity contribution in [3.05, 3.63) is 23.3 Å². The fraction of sp³-hybridized carbons (Fsp3) is 0.643. The summed E-state index contributed by atoms with van der Waals surface area (Å²) in [5.41, 5.74) is 2.97. The maximum absolute atomic E-state index is 11.5. The largest absolute Gasteiger partial charge is 0.338 e. The minimum Gasteiger partial charge on any atom is -0.338 e. The van der Waals surface area contributed by atoms with Gasteiger partial charge in [0.2, 0.25) is 5.91 Å². The third kappa shape index (κ3) is 2.97. The van der Waals surface area contributed by atoms with E-state index < -0.39 is 0 Å². The van der Waals surface area contributed by atoms with Gasteiger partial charge in [-0.1, -0.05) is 38.5 Å². The molecule has 1 aliphatic carbocycles. The molecule has 0 N–H and O–H groups in total. The molecule has 0 saturated heterocycles.